The van der Waals surface area contributed by atoms with Crippen molar-refractivity contribution in [3.63, 3.8) is 0 Å². The molecule has 0 saturated carbocycles. The van der Waals surface area contributed by atoms with Gasteiger partial charge in [0.05, 0.1) is 38.5 Å². The number of thioether (sulfide) groups is 1. The van der Waals surface area contributed by atoms with Crippen molar-refractivity contribution in [1.29, 1.82) is 0 Å². The summed E-state index contributed by atoms with van der Waals surface area (Å²) < 4.78 is 17.7. The van der Waals surface area contributed by atoms with Gasteiger partial charge >= 0.3 is 0 Å². The Balaban J connectivity index is 1.58. The van der Waals surface area contributed by atoms with Crippen LogP contribution in [0.1, 0.15) is 5.56 Å². The maximum atomic E-state index is 13.9. The molecule has 0 fully saturated rings. The summed E-state index contributed by atoms with van der Waals surface area (Å²) in [7, 11) is 4.63. The third-order valence-corrected chi connectivity index (χ3v) is 7.02. The Hall–Kier alpha value is -4.44. The van der Waals surface area contributed by atoms with Gasteiger partial charge in [0, 0.05) is 17.0 Å². The molecule has 38 heavy (non-hydrogen) atoms. The van der Waals surface area contributed by atoms with Gasteiger partial charge in [-0.1, -0.05) is 36.0 Å². The van der Waals surface area contributed by atoms with Gasteiger partial charge in [-0.05, 0) is 42.8 Å². The molecule has 0 bridgehead atoms. The van der Waals surface area contributed by atoms with Gasteiger partial charge in [-0.25, -0.2) is 9.55 Å². The van der Waals surface area contributed by atoms with Crippen LogP contribution < -0.4 is 25.1 Å². The molecule has 2 heterocycles. The fourth-order valence-electron chi connectivity index (χ4n) is 4.25. The molecule has 2 N–H and O–H groups in total. The fourth-order valence-corrected chi connectivity index (χ4v) is 5.05. The molecular formula is C28H26N4O5S. The second kappa shape index (κ2) is 10.5. The first-order chi connectivity index (χ1) is 18.4. The predicted octanol–water partition coefficient (Wildman–Crippen LogP) is 4.93. The smallest absolute Gasteiger partial charge is 0.283 e. The molecule has 2 aromatic heterocycles. The van der Waals surface area contributed by atoms with E-state index in [2.05, 4.69) is 10.3 Å². The molecule has 0 aliphatic carbocycles. The third kappa shape index (κ3) is 4.66. The van der Waals surface area contributed by atoms with E-state index in [0.29, 0.717) is 44.8 Å². The zero-order valence-corrected chi connectivity index (χ0v) is 22.1. The predicted molar refractivity (Wildman–Crippen MR) is 149 cm³/mol. The van der Waals surface area contributed by atoms with Gasteiger partial charge in [0.15, 0.2) is 5.16 Å². The molecule has 5 aromatic rings. The number of hydrogen-bond acceptors (Lipinski definition) is 7. The van der Waals surface area contributed by atoms with Gasteiger partial charge in [0.1, 0.15) is 28.3 Å². The summed E-state index contributed by atoms with van der Waals surface area (Å²) in [4.78, 5) is 35.0. The number of aryl methyl sites for hydroxylation is 1. The summed E-state index contributed by atoms with van der Waals surface area (Å²) in [5.41, 5.74) is 3.42. The second-order valence-corrected chi connectivity index (χ2v) is 9.45. The Labute approximate surface area is 222 Å². The zero-order chi connectivity index (χ0) is 26.8. The minimum atomic E-state index is -0.294. The van der Waals surface area contributed by atoms with Gasteiger partial charge in [0.25, 0.3) is 5.56 Å². The maximum Gasteiger partial charge on any atom is 0.283 e. The lowest BCUT2D eigenvalue weighted by atomic mass is 10.2. The first kappa shape index (κ1) is 25.2. The van der Waals surface area contributed by atoms with Gasteiger partial charge in [0.2, 0.25) is 5.91 Å². The normalized spacial score (nSPS) is 11.1. The number of nitrogens with one attached hydrogen (secondary N) is 2. The highest BCUT2D eigenvalue weighted by Gasteiger charge is 2.21. The number of nitrogens with zero attached hydrogens (tertiary/aromatic N) is 2. The van der Waals surface area contributed by atoms with Gasteiger partial charge in [-0.15, -0.1) is 0 Å². The Kier molecular flexibility index (Phi) is 6.97. The van der Waals surface area contributed by atoms with E-state index in [9.17, 15) is 9.59 Å². The summed E-state index contributed by atoms with van der Waals surface area (Å²) in [6.07, 6.45) is 0. The number of ether oxygens (including phenoxy) is 3. The van der Waals surface area contributed by atoms with E-state index in [4.69, 9.17) is 19.2 Å². The van der Waals surface area contributed by atoms with Crippen molar-refractivity contribution in [3.05, 3.63) is 76.6 Å². The highest BCUT2D eigenvalue weighted by atomic mass is 32.2. The van der Waals surface area contributed by atoms with Crippen molar-refractivity contribution in [2.24, 2.45) is 0 Å². The average molecular weight is 531 g/mol. The minimum absolute atomic E-state index is 0.00516. The van der Waals surface area contributed by atoms with Crippen molar-refractivity contribution in [1.82, 2.24) is 14.5 Å². The molecular weight excluding hydrogens is 504 g/mol. The van der Waals surface area contributed by atoms with E-state index in [-0.39, 0.29) is 17.2 Å². The first-order valence-electron chi connectivity index (χ1n) is 11.8. The number of anilines is 1. The second-order valence-electron chi connectivity index (χ2n) is 8.51. The van der Waals surface area contributed by atoms with Crippen LogP contribution in [0.5, 0.6) is 17.2 Å². The van der Waals surface area contributed by atoms with Crippen molar-refractivity contribution in [2.75, 3.05) is 32.4 Å². The number of benzene rings is 3. The van der Waals surface area contributed by atoms with Crippen LogP contribution in [0, 0.1) is 6.92 Å². The summed E-state index contributed by atoms with van der Waals surface area (Å²) in [6, 6.07) is 18.3. The summed E-state index contributed by atoms with van der Waals surface area (Å²) in [5, 5.41) is 4.06. The van der Waals surface area contributed by atoms with Gasteiger partial charge < -0.3 is 24.5 Å². The first-order valence-corrected chi connectivity index (χ1v) is 12.7. The molecule has 0 saturated heterocycles. The molecule has 1 amide bonds. The van der Waals surface area contributed by atoms with E-state index < -0.39 is 0 Å². The lowest BCUT2D eigenvalue weighted by Crippen LogP contribution is -2.23. The lowest BCUT2D eigenvalue weighted by Gasteiger charge is -2.16. The number of methoxy groups -OCH3 is 3. The van der Waals surface area contributed by atoms with E-state index in [1.54, 1.807) is 32.4 Å². The Bertz CT molecular complexity index is 1730. The monoisotopic (exact) mass is 530 g/mol. The average Bonchev–Trinajstić information content (AvgIpc) is 3.31. The number of aromatic amines is 1. The molecule has 0 aliphatic rings. The van der Waals surface area contributed by atoms with Crippen LogP contribution in [0.3, 0.4) is 0 Å². The van der Waals surface area contributed by atoms with E-state index in [0.717, 1.165) is 28.2 Å². The van der Waals surface area contributed by atoms with E-state index >= 15 is 0 Å². The number of rotatable bonds is 8. The van der Waals surface area contributed by atoms with Crippen LogP contribution in [-0.2, 0) is 4.79 Å². The van der Waals surface area contributed by atoms with Crippen LogP contribution in [0.15, 0.2) is 70.6 Å². The van der Waals surface area contributed by atoms with Crippen LogP contribution >= 0.6 is 11.8 Å². The SMILES string of the molecule is COc1ccc(OC)c(NC(=O)CSc2nc3c([nH]c4ccccc43)c(=O)n2-c2cc(C)ccc2OC)c1. The number of hydrogen-bond donors (Lipinski definition) is 2. The zero-order valence-electron chi connectivity index (χ0n) is 21.3. The Morgan fingerprint density at radius 3 is 2.53 bits per heavy atom. The van der Waals surface area contributed by atoms with Crippen LogP contribution in [0.2, 0.25) is 0 Å². The van der Waals surface area contributed by atoms with Gasteiger partial charge in [-0.3, -0.25) is 9.59 Å². The maximum absolute atomic E-state index is 13.9. The number of fused-ring (bicyclic) bond motifs is 3. The quantitative estimate of drug-likeness (QED) is 0.216. The lowest BCUT2D eigenvalue weighted by molar-refractivity contribution is -0.113. The molecule has 0 atom stereocenters. The van der Waals surface area contributed by atoms with Crippen molar-refractivity contribution in [3.8, 4) is 22.9 Å². The molecule has 9 nitrogen and oxygen atoms in total. The van der Waals surface area contributed by atoms with Crippen LogP contribution in [0.4, 0.5) is 5.69 Å². The third-order valence-electron chi connectivity index (χ3n) is 6.08. The van der Waals surface area contributed by atoms with Crippen molar-refractivity contribution >= 4 is 45.3 Å². The Morgan fingerprint density at radius 1 is 1.00 bits per heavy atom. The number of carbonyl (C=O) groups excluding carboxylic acids is 1. The largest absolute Gasteiger partial charge is 0.497 e. The van der Waals surface area contributed by atoms with E-state index in [1.807, 2.05) is 49.4 Å². The molecule has 194 valence electrons. The highest BCUT2D eigenvalue weighted by Crippen LogP contribution is 2.32. The number of aromatic nitrogens is 3. The number of H-pyrrole nitrogens is 1. The summed E-state index contributed by atoms with van der Waals surface area (Å²) in [6.45, 7) is 1.94. The van der Waals surface area contributed by atoms with Crippen LogP contribution in [-0.4, -0.2) is 47.5 Å². The molecule has 0 unspecified atom stereocenters. The fraction of sp³-hybridized carbons (Fsp3) is 0.179. The molecule has 10 heteroatoms. The van der Waals surface area contributed by atoms with Crippen molar-refractivity contribution in [2.45, 2.75) is 12.1 Å². The Morgan fingerprint density at radius 2 is 1.76 bits per heavy atom. The molecule has 0 radical (unpaired) electrons. The standard InChI is InChI=1S/C28H26N4O5S/c1-16-9-11-23(37-4)21(13-16)32-27(34)26-25(18-7-5-6-8-19(18)30-26)31-28(32)38-15-24(33)29-20-14-17(35-2)10-12-22(20)36-3/h5-14,30H,15H2,1-4H3,(H,29,33). The molecule has 3 aromatic carbocycles. The molecule has 5 rings (SSSR count). The summed E-state index contributed by atoms with van der Waals surface area (Å²) in [5.74, 6) is 1.30. The highest BCUT2D eigenvalue weighted by molar-refractivity contribution is 7.99. The minimum Gasteiger partial charge on any atom is -0.497 e. The molecule has 0 spiro atoms. The summed E-state index contributed by atoms with van der Waals surface area (Å²) >= 11 is 1.16. The van der Waals surface area contributed by atoms with Crippen molar-refractivity contribution < 1.29 is 19.0 Å². The number of para-hydroxylation sites is 1. The number of amides is 1. The van der Waals surface area contributed by atoms with E-state index in [1.165, 1.54) is 11.7 Å². The van der Waals surface area contributed by atoms with Crippen LogP contribution in [0.25, 0.3) is 27.6 Å². The van der Waals surface area contributed by atoms with Gasteiger partial charge in [-0.2, -0.15) is 0 Å². The molecule has 0 aliphatic heterocycles. The topological polar surface area (TPSA) is 107 Å². The number of carbonyl (C=O) groups is 1.